The van der Waals surface area contributed by atoms with Gasteiger partial charge in [0.2, 0.25) is 0 Å². The van der Waals surface area contributed by atoms with Crippen LogP contribution in [0.25, 0.3) is 0 Å². The molecule has 3 aromatic rings. The van der Waals surface area contributed by atoms with Crippen molar-refractivity contribution < 1.29 is 27.9 Å². The zero-order valence-electron chi connectivity index (χ0n) is 19.2. The molecule has 0 bridgehead atoms. The molecule has 0 spiro atoms. The van der Waals surface area contributed by atoms with Gasteiger partial charge in [-0.3, -0.25) is 9.78 Å². The van der Waals surface area contributed by atoms with E-state index in [1.165, 1.54) is 5.69 Å². The number of nitrogens with one attached hydrogen (secondary N) is 1. The summed E-state index contributed by atoms with van der Waals surface area (Å²) in [6.45, 7) is 5.35. The van der Waals surface area contributed by atoms with Crippen LogP contribution in [-0.4, -0.2) is 59.3 Å². The molecule has 36 heavy (non-hydrogen) atoms. The van der Waals surface area contributed by atoms with E-state index in [-0.39, 0.29) is 5.91 Å². The molecular formula is C24H23ClF3N5O3. The summed E-state index contributed by atoms with van der Waals surface area (Å²) in [5.41, 5.74) is 3.44. The fourth-order valence-corrected chi connectivity index (χ4v) is 3.73. The van der Waals surface area contributed by atoms with E-state index in [9.17, 15) is 18.0 Å². The van der Waals surface area contributed by atoms with E-state index < -0.39 is 12.1 Å². The van der Waals surface area contributed by atoms with Crippen molar-refractivity contribution in [2.75, 3.05) is 41.3 Å². The van der Waals surface area contributed by atoms with Gasteiger partial charge in [0.25, 0.3) is 5.91 Å². The summed E-state index contributed by atoms with van der Waals surface area (Å²) in [6.07, 6.45) is 0.114. The van der Waals surface area contributed by atoms with E-state index in [0.29, 0.717) is 16.4 Å². The number of pyridine rings is 2. The van der Waals surface area contributed by atoms with Gasteiger partial charge >= 0.3 is 12.1 Å². The second kappa shape index (κ2) is 11.7. The molecule has 0 aliphatic carbocycles. The number of alkyl halides is 3. The van der Waals surface area contributed by atoms with Crippen LogP contribution in [0, 0.1) is 6.92 Å². The number of anilines is 3. The second-order valence-corrected chi connectivity index (χ2v) is 8.24. The number of hydrogen-bond donors (Lipinski definition) is 2. The summed E-state index contributed by atoms with van der Waals surface area (Å²) in [4.78, 5) is 34.5. The van der Waals surface area contributed by atoms with Crippen LogP contribution in [0.2, 0.25) is 5.02 Å². The molecule has 1 fully saturated rings. The molecule has 0 unspecified atom stereocenters. The Kier molecular flexibility index (Phi) is 8.70. The molecule has 2 aromatic heterocycles. The molecule has 3 heterocycles. The molecular weight excluding hydrogens is 499 g/mol. The van der Waals surface area contributed by atoms with Crippen molar-refractivity contribution in [3.63, 3.8) is 0 Å². The summed E-state index contributed by atoms with van der Waals surface area (Å²) in [6, 6.07) is 13.4. The van der Waals surface area contributed by atoms with E-state index >= 15 is 0 Å². The zero-order chi connectivity index (χ0) is 26.3. The van der Waals surface area contributed by atoms with Gasteiger partial charge in [0.05, 0.1) is 10.6 Å². The molecule has 12 heteroatoms. The number of piperazine rings is 1. The summed E-state index contributed by atoms with van der Waals surface area (Å²) < 4.78 is 31.7. The van der Waals surface area contributed by atoms with Crippen molar-refractivity contribution in [2.45, 2.75) is 13.1 Å². The van der Waals surface area contributed by atoms with E-state index in [4.69, 9.17) is 21.5 Å². The largest absolute Gasteiger partial charge is 0.490 e. The number of carbonyl (C=O) groups is 2. The molecule has 0 saturated carbocycles. The average Bonchev–Trinajstić information content (AvgIpc) is 2.84. The van der Waals surface area contributed by atoms with E-state index in [0.717, 1.165) is 37.4 Å². The first-order valence-electron chi connectivity index (χ1n) is 10.8. The summed E-state index contributed by atoms with van der Waals surface area (Å²) in [5, 5.41) is 10.5. The van der Waals surface area contributed by atoms with Crippen LogP contribution >= 0.6 is 11.6 Å². The quantitative estimate of drug-likeness (QED) is 0.515. The summed E-state index contributed by atoms with van der Waals surface area (Å²) in [5.74, 6) is -2.26. The maximum Gasteiger partial charge on any atom is 0.490 e. The molecule has 1 aliphatic heterocycles. The van der Waals surface area contributed by atoms with Crippen LogP contribution in [0.5, 0.6) is 0 Å². The van der Waals surface area contributed by atoms with Crippen molar-refractivity contribution in [1.29, 1.82) is 0 Å². The molecule has 4 rings (SSSR count). The highest BCUT2D eigenvalue weighted by Gasteiger charge is 2.38. The lowest BCUT2D eigenvalue weighted by Crippen LogP contribution is -2.47. The monoisotopic (exact) mass is 521 g/mol. The molecule has 0 radical (unpaired) electrons. The third kappa shape index (κ3) is 7.32. The molecule has 1 aromatic carbocycles. The van der Waals surface area contributed by atoms with E-state index in [1.54, 1.807) is 24.7 Å². The number of carboxylic acid groups (broad SMARTS) is 1. The highest BCUT2D eigenvalue weighted by atomic mass is 35.5. The normalized spacial score (nSPS) is 13.5. The first-order valence-corrected chi connectivity index (χ1v) is 11.2. The molecule has 0 atom stereocenters. The van der Waals surface area contributed by atoms with E-state index in [2.05, 4.69) is 25.1 Å². The lowest BCUT2D eigenvalue weighted by atomic mass is 10.2. The number of benzene rings is 1. The maximum absolute atomic E-state index is 12.5. The lowest BCUT2D eigenvalue weighted by Gasteiger charge is -2.37. The number of aryl methyl sites for hydroxylation is 1. The van der Waals surface area contributed by atoms with Gasteiger partial charge in [-0.05, 0) is 42.8 Å². The van der Waals surface area contributed by atoms with Gasteiger partial charge in [0.1, 0.15) is 5.82 Å². The van der Waals surface area contributed by atoms with Gasteiger partial charge in [-0.2, -0.15) is 13.2 Å². The van der Waals surface area contributed by atoms with Crippen LogP contribution < -0.4 is 15.1 Å². The van der Waals surface area contributed by atoms with Crippen LogP contribution in [0.4, 0.5) is 30.4 Å². The average molecular weight is 522 g/mol. The SMILES string of the molecule is Cc1cccc(NC(=O)c2cnc(N3CCN(c4ccncc4)CC3)c(Cl)c2)c1.O=C(O)C(F)(F)F. The highest BCUT2D eigenvalue weighted by molar-refractivity contribution is 6.33. The van der Waals surface area contributed by atoms with Gasteiger partial charge in [-0.15, -0.1) is 0 Å². The first-order chi connectivity index (χ1) is 17.0. The van der Waals surface area contributed by atoms with Gasteiger partial charge in [-0.25, -0.2) is 9.78 Å². The number of carbonyl (C=O) groups excluding carboxylic acids is 1. The van der Waals surface area contributed by atoms with Gasteiger partial charge < -0.3 is 20.2 Å². The minimum Gasteiger partial charge on any atom is -0.475 e. The Bertz CT molecular complexity index is 1200. The Morgan fingerprint density at radius 3 is 2.19 bits per heavy atom. The van der Waals surface area contributed by atoms with Crippen LogP contribution in [0.1, 0.15) is 15.9 Å². The third-order valence-electron chi connectivity index (χ3n) is 5.21. The summed E-state index contributed by atoms with van der Waals surface area (Å²) in [7, 11) is 0. The Hall–Kier alpha value is -3.86. The number of amides is 1. The van der Waals surface area contributed by atoms with Crippen molar-refractivity contribution in [3.8, 4) is 0 Å². The predicted molar refractivity (Wildman–Crippen MR) is 131 cm³/mol. The number of hydrogen-bond acceptors (Lipinski definition) is 6. The van der Waals surface area contributed by atoms with E-state index in [1.807, 2.05) is 43.3 Å². The van der Waals surface area contributed by atoms with Crippen molar-refractivity contribution in [1.82, 2.24) is 9.97 Å². The van der Waals surface area contributed by atoms with Gasteiger partial charge in [0, 0.05) is 56.1 Å². The van der Waals surface area contributed by atoms with Crippen LogP contribution in [-0.2, 0) is 4.79 Å². The Morgan fingerprint density at radius 1 is 1.03 bits per heavy atom. The Morgan fingerprint density at radius 2 is 1.64 bits per heavy atom. The third-order valence-corrected chi connectivity index (χ3v) is 5.49. The molecule has 190 valence electrons. The number of aromatic nitrogens is 2. The molecule has 1 aliphatic rings. The summed E-state index contributed by atoms with van der Waals surface area (Å²) >= 11 is 6.48. The van der Waals surface area contributed by atoms with Gasteiger partial charge in [0.15, 0.2) is 0 Å². The minimum absolute atomic E-state index is 0.223. The predicted octanol–water partition coefficient (Wildman–Crippen LogP) is 4.65. The van der Waals surface area contributed by atoms with Crippen molar-refractivity contribution >= 4 is 40.7 Å². The number of rotatable bonds is 4. The minimum atomic E-state index is -5.08. The standard InChI is InChI=1S/C22H22ClN5O.C2HF3O2/c1-16-3-2-4-18(13-16)26-22(29)17-14-20(23)21(25-15-17)28-11-9-27(10-12-28)19-5-7-24-8-6-19;3-2(4,5)1(6)7/h2-8,13-15H,9-12H2,1H3,(H,26,29);(H,6,7). The highest BCUT2D eigenvalue weighted by Crippen LogP contribution is 2.26. The molecule has 1 saturated heterocycles. The smallest absolute Gasteiger partial charge is 0.475 e. The molecule has 8 nitrogen and oxygen atoms in total. The first kappa shape index (κ1) is 26.7. The number of halogens is 4. The maximum atomic E-state index is 12.5. The van der Waals surface area contributed by atoms with Gasteiger partial charge in [-0.1, -0.05) is 23.7 Å². The number of nitrogens with zero attached hydrogens (tertiary/aromatic N) is 4. The topological polar surface area (TPSA) is 98.7 Å². The number of carboxylic acids is 1. The lowest BCUT2D eigenvalue weighted by molar-refractivity contribution is -0.192. The molecule has 1 amide bonds. The fraction of sp³-hybridized carbons (Fsp3) is 0.250. The van der Waals surface area contributed by atoms with Crippen molar-refractivity contribution in [2.24, 2.45) is 0 Å². The Labute approximate surface area is 210 Å². The van der Waals surface area contributed by atoms with Crippen molar-refractivity contribution in [3.05, 3.63) is 77.2 Å². The Balaban J connectivity index is 0.000000454. The number of aliphatic carboxylic acids is 1. The second-order valence-electron chi connectivity index (χ2n) is 7.84. The van der Waals surface area contributed by atoms with Crippen LogP contribution in [0.15, 0.2) is 61.1 Å². The fourth-order valence-electron chi connectivity index (χ4n) is 3.44. The molecule has 2 N–H and O–H groups in total. The zero-order valence-corrected chi connectivity index (χ0v) is 19.9. The van der Waals surface area contributed by atoms with Crippen LogP contribution in [0.3, 0.4) is 0 Å².